The predicted molar refractivity (Wildman–Crippen MR) is 101 cm³/mol. The fourth-order valence-electron chi connectivity index (χ4n) is 3.37. The van der Waals surface area contributed by atoms with E-state index in [2.05, 4.69) is 44.4 Å². The summed E-state index contributed by atoms with van der Waals surface area (Å²) >= 11 is 1.52. The van der Waals surface area contributed by atoms with Gasteiger partial charge in [-0.1, -0.05) is 73.8 Å². The lowest BCUT2D eigenvalue weighted by Gasteiger charge is -2.03. The number of benzene rings is 1. The van der Waals surface area contributed by atoms with Crippen LogP contribution in [0.1, 0.15) is 49.9 Å². The van der Waals surface area contributed by atoms with Gasteiger partial charge in [-0.15, -0.1) is 5.10 Å². The van der Waals surface area contributed by atoms with E-state index in [4.69, 9.17) is 4.52 Å². The van der Waals surface area contributed by atoms with Crippen LogP contribution >= 0.6 is 11.8 Å². The Bertz CT molecular complexity index is 836. The summed E-state index contributed by atoms with van der Waals surface area (Å²) < 4.78 is 5.36. The molecule has 2 aromatic heterocycles. The van der Waals surface area contributed by atoms with Crippen molar-refractivity contribution >= 4 is 11.8 Å². The lowest BCUT2D eigenvalue weighted by Crippen LogP contribution is -2.00. The van der Waals surface area contributed by atoms with Gasteiger partial charge in [0.05, 0.1) is 5.75 Å². The second-order valence-electron chi connectivity index (χ2n) is 6.77. The second kappa shape index (κ2) is 8.03. The largest absolute Gasteiger partial charge is 0.338 e. The standard InChI is InChI=1S/C19H23N5OS/c1-2-13-7-9-15(10-8-13)18-21-17(25-24-18)12-26-19-20-16(22-23-19)11-14-5-3-4-6-14/h7-10,14H,2-6,11-12H2,1H3,(H,20,22,23). The van der Waals surface area contributed by atoms with Gasteiger partial charge in [0.1, 0.15) is 5.82 Å². The van der Waals surface area contributed by atoms with E-state index in [0.717, 1.165) is 35.3 Å². The van der Waals surface area contributed by atoms with Gasteiger partial charge in [0.15, 0.2) is 0 Å². The Hall–Kier alpha value is -2.15. The molecule has 1 saturated carbocycles. The Morgan fingerprint density at radius 3 is 2.73 bits per heavy atom. The molecular formula is C19H23N5OS. The van der Waals surface area contributed by atoms with Crippen LogP contribution in [0.15, 0.2) is 33.9 Å². The van der Waals surface area contributed by atoms with E-state index in [1.807, 2.05) is 12.1 Å². The van der Waals surface area contributed by atoms with E-state index in [9.17, 15) is 0 Å². The first-order valence-corrected chi connectivity index (χ1v) is 10.2. The van der Waals surface area contributed by atoms with Crippen molar-refractivity contribution in [2.24, 2.45) is 5.92 Å². The lowest BCUT2D eigenvalue weighted by atomic mass is 10.0. The zero-order valence-corrected chi connectivity index (χ0v) is 15.8. The van der Waals surface area contributed by atoms with Gasteiger partial charge in [-0.25, -0.2) is 4.98 Å². The molecule has 0 bridgehead atoms. The molecule has 2 heterocycles. The van der Waals surface area contributed by atoms with Crippen LogP contribution in [-0.2, 0) is 18.6 Å². The minimum atomic E-state index is 0.570. The molecule has 0 aliphatic heterocycles. The Labute approximate surface area is 157 Å². The molecule has 0 amide bonds. The van der Waals surface area contributed by atoms with E-state index in [1.54, 1.807) is 0 Å². The van der Waals surface area contributed by atoms with E-state index in [-0.39, 0.29) is 0 Å². The second-order valence-corrected chi connectivity index (χ2v) is 7.71. The smallest absolute Gasteiger partial charge is 0.237 e. The molecule has 3 aromatic rings. The summed E-state index contributed by atoms with van der Waals surface area (Å²) in [5.41, 5.74) is 2.27. The zero-order valence-electron chi connectivity index (χ0n) is 14.9. The number of H-pyrrole nitrogens is 1. The van der Waals surface area contributed by atoms with E-state index in [0.29, 0.717) is 17.5 Å². The fraction of sp³-hybridized carbons (Fsp3) is 0.474. The summed E-state index contributed by atoms with van der Waals surface area (Å²) in [6.45, 7) is 2.14. The van der Waals surface area contributed by atoms with Crippen LogP contribution in [0.25, 0.3) is 11.4 Å². The number of aromatic amines is 1. The molecule has 0 spiro atoms. The normalized spacial score (nSPS) is 15.0. The third kappa shape index (κ3) is 4.15. The highest BCUT2D eigenvalue weighted by atomic mass is 32.2. The molecule has 26 heavy (non-hydrogen) atoms. The highest BCUT2D eigenvalue weighted by molar-refractivity contribution is 7.98. The van der Waals surface area contributed by atoms with Gasteiger partial charge in [-0.05, 0) is 17.9 Å². The topological polar surface area (TPSA) is 80.5 Å². The Kier molecular flexibility index (Phi) is 5.34. The van der Waals surface area contributed by atoms with Gasteiger partial charge < -0.3 is 4.52 Å². The van der Waals surface area contributed by atoms with Crippen molar-refractivity contribution in [3.63, 3.8) is 0 Å². The molecule has 1 fully saturated rings. The van der Waals surface area contributed by atoms with Crippen molar-refractivity contribution in [1.82, 2.24) is 25.3 Å². The summed E-state index contributed by atoms with van der Waals surface area (Å²) in [6.07, 6.45) is 7.35. The third-order valence-electron chi connectivity index (χ3n) is 4.88. The van der Waals surface area contributed by atoms with E-state index in [1.165, 1.54) is 43.0 Å². The zero-order chi connectivity index (χ0) is 17.8. The third-order valence-corrected chi connectivity index (χ3v) is 5.71. The molecule has 7 heteroatoms. The summed E-state index contributed by atoms with van der Waals surface area (Å²) in [5, 5.41) is 12.2. The van der Waals surface area contributed by atoms with Gasteiger partial charge in [-0.3, -0.25) is 5.10 Å². The molecule has 4 rings (SSSR count). The first-order chi connectivity index (χ1) is 12.8. The quantitative estimate of drug-likeness (QED) is 0.620. The van der Waals surface area contributed by atoms with Crippen molar-refractivity contribution < 1.29 is 4.52 Å². The molecule has 1 aliphatic carbocycles. The number of hydrogen-bond donors (Lipinski definition) is 1. The summed E-state index contributed by atoms with van der Waals surface area (Å²) in [4.78, 5) is 9.06. The van der Waals surface area contributed by atoms with Gasteiger partial charge in [0, 0.05) is 12.0 Å². The summed E-state index contributed by atoms with van der Waals surface area (Å²) in [6, 6.07) is 8.26. The van der Waals surface area contributed by atoms with Gasteiger partial charge >= 0.3 is 0 Å². The molecular weight excluding hydrogens is 346 g/mol. The van der Waals surface area contributed by atoms with Gasteiger partial charge in [0.25, 0.3) is 0 Å². The first-order valence-electron chi connectivity index (χ1n) is 9.26. The summed E-state index contributed by atoms with van der Waals surface area (Å²) in [5.74, 6) is 3.53. The Morgan fingerprint density at radius 2 is 1.96 bits per heavy atom. The molecule has 6 nitrogen and oxygen atoms in total. The highest BCUT2D eigenvalue weighted by Gasteiger charge is 2.18. The number of aryl methyl sites for hydroxylation is 1. The van der Waals surface area contributed by atoms with Crippen LogP contribution in [0, 0.1) is 5.92 Å². The maximum Gasteiger partial charge on any atom is 0.237 e. The van der Waals surface area contributed by atoms with Crippen molar-refractivity contribution in [1.29, 1.82) is 0 Å². The Morgan fingerprint density at radius 1 is 1.15 bits per heavy atom. The number of thioether (sulfide) groups is 1. The average Bonchev–Trinajstić information content (AvgIpc) is 3.43. The first kappa shape index (κ1) is 17.3. The van der Waals surface area contributed by atoms with E-state index < -0.39 is 0 Å². The maximum absolute atomic E-state index is 5.36. The molecule has 1 N–H and O–H groups in total. The molecule has 0 saturated heterocycles. The fourth-order valence-corrected chi connectivity index (χ4v) is 4.02. The van der Waals surface area contributed by atoms with Crippen LogP contribution < -0.4 is 0 Å². The molecule has 1 aliphatic rings. The van der Waals surface area contributed by atoms with Gasteiger partial charge in [-0.2, -0.15) is 4.98 Å². The number of nitrogens with one attached hydrogen (secondary N) is 1. The number of rotatable bonds is 7. The summed E-state index contributed by atoms with van der Waals surface area (Å²) in [7, 11) is 0. The van der Waals surface area contributed by atoms with E-state index >= 15 is 0 Å². The van der Waals surface area contributed by atoms with Crippen LogP contribution in [0.2, 0.25) is 0 Å². The van der Waals surface area contributed by atoms with Crippen molar-refractivity contribution in [2.75, 3.05) is 0 Å². The van der Waals surface area contributed by atoms with Crippen molar-refractivity contribution in [3.05, 3.63) is 41.5 Å². The predicted octanol–water partition coefficient (Wildman–Crippen LogP) is 4.44. The lowest BCUT2D eigenvalue weighted by molar-refractivity contribution is 0.391. The monoisotopic (exact) mass is 369 g/mol. The molecule has 136 valence electrons. The number of hydrogen-bond acceptors (Lipinski definition) is 6. The van der Waals surface area contributed by atoms with Crippen LogP contribution in [0.4, 0.5) is 0 Å². The van der Waals surface area contributed by atoms with Gasteiger partial charge in [0.2, 0.25) is 16.9 Å². The Balaban J connectivity index is 1.33. The molecule has 0 radical (unpaired) electrons. The van der Waals surface area contributed by atoms with Crippen molar-refractivity contribution in [2.45, 2.75) is 56.4 Å². The molecule has 0 unspecified atom stereocenters. The van der Waals surface area contributed by atoms with Crippen LogP contribution in [0.3, 0.4) is 0 Å². The highest BCUT2D eigenvalue weighted by Crippen LogP contribution is 2.28. The van der Waals surface area contributed by atoms with Crippen LogP contribution in [-0.4, -0.2) is 25.3 Å². The van der Waals surface area contributed by atoms with Crippen molar-refractivity contribution in [3.8, 4) is 11.4 Å². The number of aromatic nitrogens is 5. The van der Waals surface area contributed by atoms with Crippen LogP contribution in [0.5, 0.6) is 0 Å². The molecule has 0 atom stereocenters. The molecule has 1 aromatic carbocycles. The average molecular weight is 369 g/mol. The number of nitrogens with zero attached hydrogens (tertiary/aromatic N) is 4. The minimum Gasteiger partial charge on any atom is -0.338 e. The SMILES string of the molecule is CCc1ccc(-c2noc(CSc3n[nH]c(CC4CCCC4)n3)n2)cc1. The minimum absolute atomic E-state index is 0.570. The maximum atomic E-state index is 5.36.